The summed E-state index contributed by atoms with van der Waals surface area (Å²) < 4.78 is 119. The Bertz CT molecular complexity index is 1490. The Balaban J connectivity index is 1.70. The maximum Gasteiger partial charge on any atom is 0.419 e. The van der Waals surface area contributed by atoms with Gasteiger partial charge in [-0.05, 0) is 54.6 Å². The monoisotopic (exact) mass is 530 g/mol. The highest BCUT2D eigenvalue weighted by Gasteiger charge is 2.35. The van der Waals surface area contributed by atoms with Gasteiger partial charge in [0.25, 0.3) is 15.9 Å². The van der Waals surface area contributed by atoms with Crippen LogP contribution in [0.1, 0.15) is 22.3 Å². The van der Waals surface area contributed by atoms with Crippen LogP contribution in [0.5, 0.6) is 0 Å². The summed E-state index contributed by atoms with van der Waals surface area (Å²) in [5.41, 5.74) is -3.40. The van der Waals surface area contributed by atoms with Crippen LogP contribution < -0.4 is 10.0 Å². The van der Waals surface area contributed by atoms with Crippen LogP contribution in [0, 0.1) is 5.82 Å². The van der Waals surface area contributed by atoms with Crippen molar-refractivity contribution in [2.45, 2.75) is 17.2 Å². The number of alkyl halides is 6. The molecule has 2 N–H and O–H groups in total. The molecule has 0 saturated carbocycles. The topological polar surface area (TPSA) is 75.3 Å². The first kappa shape index (κ1) is 25.2. The number of hydrogen-bond donors (Lipinski definition) is 2. The van der Waals surface area contributed by atoms with E-state index in [0.29, 0.717) is 18.2 Å². The largest absolute Gasteiger partial charge is 0.419 e. The summed E-state index contributed by atoms with van der Waals surface area (Å²) in [5, 5.41) is 2.41. The molecule has 0 aromatic heterocycles. The fourth-order valence-electron chi connectivity index (χ4n) is 3.45. The molecule has 1 aliphatic heterocycles. The van der Waals surface area contributed by atoms with E-state index in [0.717, 1.165) is 42.5 Å². The first-order valence-electron chi connectivity index (χ1n) is 9.90. The molecule has 4 rings (SSSR count). The number of benzene rings is 3. The summed E-state index contributed by atoms with van der Waals surface area (Å²) in [4.78, 5) is 12.0. The molecular formula is C23H13F7N2O3S. The number of anilines is 2. The van der Waals surface area contributed by atoms with Gasteiger partial charge in [-0.1, -0.05) is 12.1 Å². The van der Waals surface area contributed by atoms with Crippen LogP contribution in [0.25, 0.3) is 11.6 Å². The lowest BCUT2D eigenvalue weighted by atomic mass is 10.0. The average Bonchev–Trinajstić information content (AvgIpc) is 3.08. The van der Waals surface area contributed by atoms with Gasteiger partial charge in [-0.2, -0.15) is 26.3 Å². The second kappa shape index (κ2) is 8.66. The van der Waals surface area contributed by atoms with E-state index in [1.807, 2.05) is 0 Å². The Morgan fingerprint density at radius 1 is 0.861 bits per heavy atom. The fraction of sp³-hybridized carbons (Fsp3) is 0.0870. The molecule has 0 unspecified atom stereocenters. The molecule has 1 aliphatic rings. The summed E-state index contributed by atoms with van der Waals surface area (Å²) in [7, 11) is -4.35. The minimum atomic E-state index is -4.97. The van der Waals surface area contributed by atoms with Crippen molar-refractivity contribution < 1.29 is 43.9 Å². The molecule has 0 bridgehead atoms. The van der Waals surface area contributed by atoms with Crippen LogP contribution in [0.15, 0.2) is 65.6 Å². The highest BCUT2D eigenvalue weighted by atomic mass is 32.2. The summed E-state index contributed by atoms with van der Waals surface area (Å²) >= 11 is 0. The predicted molar refractivity (Wildman–Crippen MR) is 117 cm³/mol. The zero-order valence-corrected chi connectivity index (χ0v) is 18.4. The molecular weight excluding hydrogens is 517 g/mol. The normalized spacial score (nSPS) is 15.1. The third-order valence-electron chi connectivity index (χ3n) is 5.18. The van der Waals surface area contributed by atoms with E-state index in [2.05, 4.69) is 10.0 Å². The van der Waals surface area contributed by atoms with Gasteiger partial charge in [0.05, 0.1) is 16.0 Å². The predicted octanol–water partition coefficient (Wildman–Crippen LogP) is 6.16. The maximum atomic E-state index is 14.5. The van der Waals surface area contributed by atoms with Crippen LogP contribution in [0.2, 0.25) is 0 Å². The second-order valence-corrected chi connectivity index (χ2v) is 9.29. The molecule has 13 heteroatoms. The number of carbonyl (C=O) groups excluding carboxylic acids is 1. The number of halogens is 7. The van der Waals surface area contributed by atoms with Gasteiger partial charge in [-0.3, -0.25) is 9.52 Å². The molecule has 3 aromatic rings. The average molecular weight is 530 g/mol. The Morgan fingerprint density at radius 3 is 2.14 bits per heavy atom. The Hall–Kier alpha value is -3.87. The minimum Gasteiger partial charge on any atom is -0.321 e. The van der Waals surface area contributed by atoms with Gasteiger partial charge in [0.15, 0.2) is 0 Å². The van der Waals surface area contributed by atoms with Crippen molar-refractivity contribution in [2.75, 3.05) is 10.0 Å². The van der Waals surface area contributed by atoms with Crippen LogP contribution in [0.3, 0.4) is 0 Å². The molecule has 0 atom stereocenters. The van der Waals surface area contributed by atoms with E-state index < -0.39 is 55.7 Å². The quantitative estimate of drug-likeness (QED) is 0.314. The molecule has 5 nitrogen and oxygen atoms in total. The molecule has 0 fully saturated rings. The van der Waals surface area contributed by atoms with Gasteiger partial charge in [0, 0.05) is 28.1 Å². The summed E-state index contributed by atoms with van der Waals surface area (Å²) in [6, 6.07) is 9.10. The first-order chi connectivity index (χ1) is 16.7. The van der Waals surface area contributed by atoms with E-state index in [1.54, 1.807) is 0 Å². The van der Waals surface area contributed by atoms with E-state index in [-0.39, 0.29) is 22.5 Å². The van der Waals surface area contributed by atoms with E-state index >= 15 is 0 Å². The Labute approximate surface area is 199 Å². The number of fused-ring (bicyclic) bond motifs is 1. The summed E-state index contributed by atoms with van der Waals surface area (Å²) in [5.74, 6) is -2.40. The number of hydrogen-bond acceptors (Lipinski definition) is 3. The van der Waals surface area contributed by atoms with Gasteiger partial charge < -0.3 is 5.32 Å². The van der Waals surface area contributed by atoms with Gasteiger partial charge in [0.2, 0.25) is 0 Å². The molecule has 0 saturated heterocycles. The molecule has 1 heterocycles. The minimum absolute atomic E-state index is 0.0212. The Kier molecular flexibility index (Phi) is 6.07. The van der Waals surface area contributed by atoms with Gasteiger partial charge in [-0.15, -0.1) is 0 Å². The van der Waals surface area contributed by atoms with Gasteiger partial charge in [-0.25, -0.2) is 12.8 Å². The van der Waals surface area contributed by atoms with Crippen LogP contribution >= 0.6 is 0 Å². The van der Waals surface area contributed by atoms with Crippen LogP contribution in [-0.2, 0) is 27.2 Å². The lowest BCUT2D eigenvalue weighted by Gasteiger charge is -2.11. The van der Waals surface area contributed by atoms with Crippen molar-refractivity contribution in [3.8, 4) is 0 Å². The van der Waals surface area contributed by atoms with Crippen molar-refractivity contribution in [1.82, 2.24) is 0 Å². The number of nitrogens with one attached hydrogen (secondary N) is 2. The molecule has 188 valence electrons. The molecule has 3 aromatic carbocycles. The lowest BCUT2D eigenvalue weighted by molar-refractivity contribution is -0.140. The third kappa shape index (κ3) is 4.91. The second-order valence-electron chi connectivity index (χ2n) is 7.61. The van der Waals surface area contributed by atoms with Gasteiger partial charge >= 0.3 is 12.4 Å². The fourth-order valence-corrected chi connectivity index (χ4v) is 4.54. The number of amides is 1. The Morgan fingerprint density at radius 2 is 1.53 bits per heavy atom. The first-order valence-corrected chi connectivity index (χ1v) is 11.4. The van der Waals surface area contributed by atoms with Crippen molar-refractivity contribution >= 4 is 39.0 Å². The number of carbonyl (C=O) groups is 1. The zero-order chi connectivity index (χ0) is 26.5. The highest BCUT2D eigenvalue weighted by Crippen LogP contribution is 2.38. The van der Waals surface area contributed by atoms with Crippen LogP contribution in [-0.4, -0.2) is 14.3 Å². The van der Waals surface area contributed by atoms with Crippen LogP contribution in [0.4, 0.5) is 42.1 Å². The zero-order valence-electron chi connectivity index (χ0n) is 17.6. The highest BCUT2D eigenvalue weighted by molar-refractivity contribution is 7.92. The molecule has 0 spiro atoms. The SMILES string of the molecule is O=C1Nc2ccc(S(=O)(=O)Nc3ccc(C(F)(F)F)cc3)cc2C1=Cc1cccc(C(F)(F)F)c1F. The molecule has 0 radical (unpaired) electrons. The van der Waals surface area contributed by atoms with Crippen molar-refractivity contribution in [2.24, 2.45) is 0 Å². The van der Waals surface area contributed by atoms with Crippen molar-refractivity contribution in [1.29, 1.82) is 0 Å². The molecule has 36 heavy (non-hydrogen) atoms. The molecule has 1 amide bonds. The summed E-state index contributed by atoms with van der Waals surface area (Å²) in [6.45, 7) is 0. The van der Waals surface area contributed by atoms with Crippen molar-refractivity contribution in [3.63, 3.8) is 0 Å². The standard InChI is InChI=1S/C23H13F7N2O3S/c24-20-12(2-1-3-18(20)23(28,29)30)10-17-16-11-15(8-9-19(16)31-21(17)33)36(34,35)32-14-6-4-13(5-7-14)22(25,26)27/h1-11,32H,(H,31,33). The van der Waals surface area contributed by atoms with E-state index in [4.69, 9.17) is 0 Å². The lowest BCUT2D eigenvalue weighted by Crippen LogP contribution is -2.13. The van der Waals surface area contributed by atoms with Crippen molar-refractivity contribution in [3.05, 3.63) is 88.7 Å². The molecule has 0 aliphatic carbocycles. The van der Waals surface area contributed by atoms with E-state index in [1.165, 1.54) is 6.07 Å². The maximum absolute atomic E-state index is 14.5. The van der Waals surface area contributed by atoms with Gasteiger partial charge in [0.1, 0.15) is 5.82 Å². The smallest absolute Gasteiger partial charge is 0.321 e. The number of sulfonamides is 1. The summed E-state index contributed by atoms with van der Waals surface area (Å²) in [6.07, 6.45) is -8.72. The van der Waals surface area contributed by atoms with E-state index in [9.17, 15) is 43.9 Å². The number of rotatable bonds is 4. The third-order valence-corrected chi connectivity index (χ3v) is 6.56.